The molecular weight excluding hydrogens is 210 g/mol. The first-order valence-corrected chi connectivity index (χ1v) is 5.00. The maximum absolute atomic E-state index is 13.6. The van der Waals surface area contributed by atoms with Crippen LogP contribution in [0, 0.1) is 23.0 Å². The Bertz CT molecular complexity index is 475. The van der Waals surface area contributed by atoms with E-state index in [-0.39, 0.29) is 17.2 Å². The van der Waals surface area contributed by atoms with Gasteiger partial charge in [-0.3, -0.25) is 0 Å². The quantitative estimate of drug-likeness (QED) is 0.738. The first kappa shape index (κ1) is 10.8. The zero-order valence-corrected chi connectivity index (χ0v) is 8.50. The molecule has 4 heteroatoms. The molecule has 1 N–H and O–H groups in total. The van der Waals surface area contributed by atoms with E-state index in [0.717, 1.165) is 0 Å². The van der Waals surface area contributed by atoms with Crippen LogP contribution in [-0.2, 0) is 0 Å². The third kappa shape index (κ3) is 1.82. The molecule has 2 rings (SSSR count). The molecule has 1 heterocycles. The summed E-state index contributed by atoms with van der Waals surface area (Å²) in [5.74, 6) is -1.98. The van der Waals surface area contributed by atoms with Gasteiger partial charge >= 0.3 is 0 Å². The fourth-order valence-corrected chi connectivity index (χ4v) is 1.77. The fraction of sp³-hybridized carbons (Fsp3) is 0.250. The summed E-state index contributed by atoms with van der Waals surface area (Å²) in [5, 5.41) is 11.6. The van der Waals surface area contributed by atoms with Crippen molar-refractivity contribution in [3.63, 3.8) is 0 Å². The van der Waals surface area contributed by atoms with Crippen molar-refractivity contribution < 1.29 is 8.78 Å². The number of hydrogen-bond donors (Lipinski definition) is 1. The molecule has 0 fully saturated rings. The van der Waals surface area contributed by atoms with Gasteiger partial charge in [0, 0.05) is 18.2 Å². The standard InChI is InChI=1S/C12H10F2N2/c13-11-8(7-15)4-5-9(12(11)14)10-3-1-2-6-16-10/h1-2,4-5,10,16H,3,6H2. The Morgan fingerprint density at radius 1 is 1.25 bits per heavy atom. The molecule has 1 aromatic rings. The molecule has 0 aliphatic carbocycles. The number of nitrogens with zero attached hydrogens (tertiary/aromatic N) is 1. The maximum Gasteiger partial charge on any atom is 0.176 e. The SMILES string of the molecule is N#Cc1ccc(C2CC=CCN2)c(F)c1F. The van der Waals surface area contributed by atoms with Crippen LogP contribution in [0.4, 0.5) is 8.78 Å². The van der Waals surface area contributed by atoms with E-state index in [2.05, 4.69) is 5.32 Å². The minimum atomic E-state index is -1.06. The summed E-state index contributed by atoms with van der Waals surface area (Å²) in [6.45, 7) is 0.645. The van der Waals surface area contributed by atoms with E-state index in [0.29, 0.717) is 13.0 Å². The van der Waals surface area contributed by atoms with Gasteiger partial charge in [0.05, 0.1) is 5.56 Å². The topological polar surface area (TPSA) is 35.8 Å². The van der Waals surface area contributed by atoms with Crippen LogP contribution in [0.15, 0.2) is 24.3 Å². The van der Waals surface area contributed by atoms with Crippen molar-refractivity contribution >= 4 is 0 Å². The van der Waals surface area contributed by atoms with Crippen LogP contribution >= 0.6 is 0 Å². The van der Waals surface area contributed by atoms with Gasteiger partial charge in [-0.15, -0.1) is 0 Å². The predicted octanol–water partition coefficient (Wildman–Crippen LogP) is 2.43. The van der Waals surface area contributed by atoms with Gasteiger partial charge in [-0.25, -0.2) is 8.78 Å². The summed E-state index contributed by atoms with van der Waals surface area (Å²) in [4.78, 5) is 0. The maximum atomic E-state index is 13.6. The number of halogens is 2. The Morgan fingerprint density at radius 2 is 2.06 bits per heavy atom. The second-order valence-corrected chi connectivity index (χ2v) is 3.61. The first-order valence-electron chi connectivity index (χ1n) is 5.00. The fourth-order valence-electron chi connectivity index (χ4n) is 1.77. The predicted molar refractivity (Wildman–Crippen MR) is 55.6 cm³/mol. The van der Waals surface area contributed by atoms with Crippen LogP contribution in [0.25, 0.3) is 0 Å². The molecule has 0 radical (unpaired) electrons. The number of rotatable bonds is 1. The second-order valence-electron chi connectivity index (χ2n) is 3.61. The Balaban J connectivity index is 2.39. The Labute approximate surface area is 92.2 Å². The van der Waals surface area contributed by atoms with Gasteiger partial charge in [0.25, 0.3) is 0 Å². The lowest BCUT2D eigenvalue weighted by atomic mass is 9.99. The largest absolute Gasteiger partial charge is 0.306 e. The third-order valence-electron chi connectivity index (χ3n) is 2.63. The molecule has 2 nitrogen and oxygen atoms in total. The molecule has 1 aliphatic rings. The summed E-state index contributed by atoms with van der Waals surface area (Å²) >= 11 is 0. The first-order chi connectivity index (χ1) is 7.74. The monoisotopic (exact) mass is 220 g/mol. The zero-order valence-electron chi connectivity index (χ0n) is 8.50. The molecule has 0 bridgehead atoms. The van der Waals surface area contributed by atoms with Crippen molar-refractivity contribution in [3.05, 3.63) is 47.0 Å². The number of nitriles is 1. The highest BCUT2D eigenvalue weighted by molar-refractivity contribution is 5.36. The van der Waals surface area contributed by atoms with E-state index in [4.69, 9.17) is 5.26 Å². The van der Waals surface area contributed by atoms with E-state index >= 15 is 0 Å². The van der Waals surface area contributed by atoms with E-state index < -0.39 is 11.6 Å². The molecule has 0 aromatic heterocycles. The smallest absolute Gasteiger partial charge is 0.176 e. The molecule has 0 saturated heterocycles. The highest BCUT2D eigenvalue weighted by Crippen LogP contribution is 2.25. The van der Waals surface area contributed by atoms with Gasteiger partial charge in [-0.05, 0) is 12.5 Å². The Hall–Kier alpha value is -1.73. The molecule has 1 aromatic carbocycles. The highest BCUT2D eigenvalue weighted by atomic mass is 19.2. The summed E-state index contributed by atoms with van der Waals surface area (Å²) in [6, 6.07) is 4.18. The Morgan fingerprint density at radius 3 is 2.69 bits per heavy atom. The lowest BCUT2D eigenvalue weighted by Gasteiger charge is -2.20. The van der Waals surface area contributed by atoms with Crippen LogP contribution in [0.1, 0.15) is 23.6 Å². The van der Waals surface area contributed by atoms with Crippen LogP contribution in [-0.4, -0.2) is 6.54 Å². The number of nitrogens with one attached hydrogen (secondary N) is 1. The van der Waals surface area contributed by atoms with Crippen molar-refractivity contribution in [3.8, 4) is 6.07 Å². The van der Waals surface area contributed by atoms with Crippen LogP contribution in [0.2, 0.25) is 0 Å². The zero-order chi connectivity index (χ0) is 11.5. The van der Waals surface area contributed by atoms with E-state index in [9.17, 15) is 8.78 Å². The minimum absolute atomic E-state index is 0.216. The van der Waals surface area contributed by atoms with Crippen LogP contribution in [0.5, 0.6) is 0 Å². The van der Waals surface area contributed by atoms with E-state index in [1.165, 1.54) is 12.1 Å². The molecule has 1 aliphatic heterocycles. The van der Waals surface area contributed by atoms with Crippen molar-refractivity contribution in [2.24, 2.45) is 0 Å². The van der Waals surface area contributed by atoms with Gasteiger partial charge in [0.2, 0.25) is 0 Å². The van der Waals surface area contributed by atoms with Crippen LogP contribution < -0.4 is 5.32 Å². The third-order valence-corrected chi connectivity index (χ3v) is 2.63. The normalized spacial score (nSPS) is 19.4. The molecule has 1 atom stereocenters. The summed E-state index contributed by atoms with van der Waals surface area (Å²) in [7, 11) is 0. The molecule has 16 heavy (non-hydrogen) atoms. The lowest BCUT2D eigenvalue weighted by Crippen LogP contribution is -2.25. The molecular formula is C12H10F2N2. The summed E-state index contributed by atoms with van der Waals surface area (Å²) in [6.07, 6.45) is 4.49. The lowest BCUT2D eigenvalue weighted by molar-refractivity contribution is 0.464. The van der Waals surface area contributed by atoms with Gasteiger partial charge in [-0.2, -0.15) is 5.26 Å². The summed E-state index contributed by atoms with van der Waals surface area (Å²) < 4.78 is 27.0. The second kappa shape index (κ2) is 4.42. The molecule has 0 spiro atoms. The minimum Gasteiger partial charge on any atom is -0.306 e. The average molecular weight is 220 g/mol. The number of benzene rings is 1. The van der Waals surface area contributed by atoms with Gasteiger partial charge < -0.3 is 5.32 Å². The van der Waals surface area contributed by atoms with Crippen molar-refractivity contribution in [2.45, 2.75) is 12.5 Å². The van der Waals surface area contributed by atoms with Crippen molar-refractivity contribution in [1.29, 1.82) is 5.26 Å². The molecule has 0 amide bonds. The average Bonchev–Trinajstić information content (AvgIpc) is 2.34. The van der Waals surface area contributed by atoms with Crippen LogP contribution in [0.3, 0.4) is 0 Å². The number of hydrogen-bond acceptors (Lipinski definition) is 2. The van der Waals surface area contributed by atoms with Crippen molar-refractivity contribution in [1.82, 2.24) is 5.32 Å². The van der Waals surface area contributed by atoms with Crippen molar-refractivity contribution in [2.75, 3.05) is 6.54 Å². The Kier molecular flexibility index (Phi) is 2.97. The molecule has 1 unspecified atom stereocenters. The molecule has 0 saturated carbocycles. The molecule has 82 valence electrons. The van der Waals surface area contributed by atoms with E-state index in [1.807, 2.05) is 12.2 Å². The highest BCUT2D eigenvalue weighted by Gasteiger charge is 2.20. The van der Waals surface area contributed by atoms with Gasteiger partial charge in [-0.1, -0.05) is 18.2 Å². The van der Waals surface area contributed by atoms with Gasteiger partial charge in [0.1, 0.15) is 6.07 Å². The van der Waals surface area contributed by atoms with E-state index in [1.54, 1.807) is 6.07 Å². The van der Waals surface area contributed by atoms with Gasteiger partial charge in [0.15, 0.2) is 11.6 Å². The summed E-state index contributed by atoms with van der Waals surface area (Å²) in [5.41, 5.74) is 0.0217.